The number of rotatable bonds is 2. The van der Waals surface area contributed by atoms with E-state index >= 15 is 0 Å². The Balaban J connectivity index is 1.54. The number of fused-ring (bicyclic) bond motifs is 7. The number of benzene rings is 5. The zero-order valence-electron chi connectivity index (χ0n) is 20.3. The molecular weight excluding hydrogens is 448 g/mol. The first kappa shape index (κ1) is 20.6. The van der Waals surface area contributed by atoms with Gasteiger partial charge >= 0.3 is 0 Å². The minimum Gasteiger partial charge on any atom is -0.455 e. The van der Waals surface area contributed by atoms with Crippen molar-refractivity contribution in [3.8, 4) is 0 Å². The molecule has 0 radical (unpaired) electrons. The van der Waals surface area contributed by atoms with Crippen LogP contribution in [0.1, 0.15) is 11.1 Å². The molecule has 0 fully saturated rings. The maximum Gasteiger partial charge on any atom is 0.143 e. The maximum absolute atomic E-state index is 6.56. The van der Waals surface area contributed by atoms with E-state index in [1.54, 1.807) is 0 Å². The van der Waals surface area contributed by atoms with Crippen molar-refractivity contribution in [1.82, 2.24) is 0 Å². The summed E-state index contributed by atoms with van der Waals surface area (Å²) < 4.78 is 6.56. The molecule has 2 aliphatic carbocycles. The fourth-order valence-electron chi connectivity index (χ4n) is 6.54. The third-order valence-electron chi connectivity index (χ3n) is 8.07. The van der Waals surface area contributed by atoms with Crippen LogP contribution in [0.25, 0.3) is 43.9 Å². The van der Waals surface area contributed by atoms with Gasteiger partial charge in [-0.25, -0.2) is 0 Å². The van der Waals surface area contributed by atoms with Gasteiger partial charge in [0.15, 0.2) is 0 Å². The summed E-state index contributed by atoms with van der Waals surface area (Å²) in [5.74, 6) is 0.512. The van der Waals surface area contributed by atoms with Crippen molar-refractivity contribution < 1.29 is 4.42 Å². The topological polar surface area (TPSA) is 13.1 Å². The molecule has 2 aliphatic rings. The van der Waals surface area contributed by atoms with Crippen molar-refractivity contribution in [2.45, 2.75) is 0 Å². The van der Waals surface area contributed by atoms with Gasteiger partial charge < -0.3 is 4.42 Å². The molecule has 1 aromatic heterocycles. The molecule has 174 valence electrons. The Hall–Kier alpha value is -4.62. The predicted octanol–water partition coefficient (Wildman–Crippen LogP) is 7.51. The third-order valence-corrected chi connectivity index (χ3v) is 8.07. The lowest BCUT2D eigenvalue weighted by Gasteiger charge is -2.33. The van der Waals surface area contributed by atoms with E-state index in [1.807, 2.05) is 0 Å². The van der Waals surface area contributed by atoms with Gasteiger partial charge in [0.25, 0.3) is 0 Å². The normalized spacial score (nSPS) is 18.5. The van der Waals surface area contributed by atoms with Gasteiger partial charge in [-0.15, -0.1) is 0 Å². The average Bonchev–Trinajstić information content (AvgIpc) is 3.36. The summed E-state index contributed by atoms with van der Waals surface area (Å²) in [6.07, 6.45) is 9.17. The lowest BCUT2D eigenvalue weighted by atomic mass is 9.69. The first-order chi connectivity index (χ1) is 18.4. The van der Waals surface area contributed by atoms with Crippen molar-refractivity contribution in [3.63, 3.8) is 0 Å². The van der Waals surface area contributed by atoms with Crippen molar-refractivity contribution in [3.05, 3.63) is 155 Å². The lowest BCUT2D eigenvalue weighted by molar-refractivity contribution is 0.672. The second-order valence-electron chi connectivity index (χ2n) is 10.0. The van der Waals surface area contributed by atoms with Crippen LogP contribution < -0.4 is 10.4 Å². The van der Waals surface area contributed by atoms with E-state index in [2.05, 4.69) is 133 Å². The Labute approximate surface area is 215 Å². The SMILES string of the molecule is C1=CC2C(c3ccccc3)=c3ccccc3=C(c3cccc4oc5c6ccccc6ccc5c34)C2C=C1. The first-order valence-electron chi connectivity index (χ1n) is 13.0. The van der Waals surface area contributed by atoms with E-state index in [-0.39, 0.29) is 11.8 Å². The summed E-state index contributed by atoms with van der Waals surface area (Å²) in [7, 11) is 0. The molecule has 0 N–H and O–H groups in total. The highest BCUT2D eigenvalue weighted by molar-refractivity contribution is 6.17. The molecule has 6 aromatic rings. The molecule has 2 atom stereocenters. The Morgan fingerprint density at radius 1 is 0.514 bits per heavy atom. The van der Waals surface area contributed by atoms with Crippen LogP contribution in [0.15, 0.2) is 138 Å². The number of furan rings is 1. The summed E-state index contributed by atoms with van der Waals surface area (Å²) >= 11 is 0. The summed E-state index contributed by atoms with van der Waals surface area (Å²) in [6.45, 7) is 0. The number of hydrogen-bond donors (Lipinski definition) is 0. The minimum atomic E-state index is 0.242. The highest BCUT2D eigenvalue weighted by Crippen LogP contribution is 2.44. The second-order valence-corrected chi connectivity index (χ2v) is 10.0. The number of hydrogen-bond acceptors (Lipinski definition) is 1. The van der Waals surface area contributed by atoms with Gasteiger partial charge in [0.2, 0.25) is 0 Å². The van der Waals surface area contributed by atoms with Crippen LogP contribution in [0, 0.1) is 11.8 Å². The molecule has 8 rings (SSSR count). The minimum absolute atomic E-state index is 0.242. The van der Waals surface area contributed by atoms with Gasteiger partial charge in [0.05, 0.1) is 0 Å². The number of allylic oxidation sites excluding steroid dienone is 4. The van der Waals surface area contributed by atoms with Crippen LogP contribution in [0.4, 0.5) is 0 Å². The van der Waals surface area contributed by atoms with E-state index in [0.717, 1.165) is 16.6 Å². The second kappa shape index (κ2) is 7.94. The van der Waals surface area contributed by atoms with Gasteiger partial charge in [-0.05, 0) is 50.2 Å². The quantitative estimate of drug-likeness (QED) is 0.254. The maximum atomic E-state index is 6.56. The molecule has 2 unspecified atom stereocenters. The summed E-state index contributed by atoms with van der Waals surface area (Å²) in [4.78, 5) is 0. The molecule has 0 saturated carbocycles. The molecule has 1 heterocycles. The smallest absolute Gasteiger partial charge is 0.143 e. The van der Waals surface area contributed by atoms with Gasteiger partial charge in [-0.3, -0.25) is 0 Å². The van der Waals surface area contributed by atoms with E-state index in [9.17, 15) is 0 Å². The Kier molecular flexibility index (Phi) is 4.41. The monoisotopic (exact) mass is 472 g/mol. The van der Waals surface area contributed by atoms with Gasteiger partial charge in [0.1, 0.15) is 11.2 Å². The van der Waals surface area contributed by atoms with Crippen LogP contribution >= 0.6 is 0 Å². The Morgan fingerprint density at radius 3 is 2.05 bits per heavy atom. The summed E-state index contributed by atoms with van der Waals surface area (Å²) in [5.41, 5.74) is 7.25. The molecule has 1 nitrogen and oxygen atoms in total. The molecule has 5 aromatic carbocycles. The average molecular weight is 473 g/mol. The van der Waals surface area contributed by atoms with Crippen LogP contribution in [0.5, 0.6) is 0 Å². The summed E-state index contributed by atoms with van der Waals surface area (Å²) in [5, 5.41) is 7.38. The van der Waals surface area contributed by atoms with Crippen molar-refractivity contribution in [1.29, 1.82) is 0 Å². The first-order valence-corrected chi connectivity index (χ1v) is 13.0. The molecule has 0 bridgehead atoms. The van der Waals surface area contributed by atoms with Gasteiger partial charge in [-0.2, -0.15) is 0 Å². The highest BCUT2D eigenvalue weighted by atomic mass is 16.3. The van der Waals surface area contributed by atoms with Crippen LogP contribution in [-0.2, 0) is 0 Å². The van der Waals surface area contributed by atoms with E-state index < -0.39 is 0 Å². The molecule has 0 saturated heterocycles. The molecule has 37 heavy (non-hydrogen) atoms. The highest BCUT2D eigenvalue weighted by Gasteiger charge is 2.32. The van der Waals surface area contributed by atoms with E-state index in [4.69, 9.17) is 4.42 Å². The van der Waals surface area contributed by atoms with Crippen molar-refractivity contribution in [2.24, 2.45) is 11.8 Å². The molecule has 0 aliphatic heterocycles. The molecule has 1 heteroatoms. The van der Waals surface area contributed by atoms with E-state index in [0.29, 0.717) is 0 Å². The third kappa shape index (κ3) is 2.98. The Morgan fingerprint density at radius 2 is 1.22 bits per heavy atom. The molecular formula is C36H24O. The van der Waals surface area contributed by atoms with E-state index in [1.165, 1.54) is 48.9 Å². The van der Waals surface area contributed by atoms with Crippen molar-refractivity contribution >= 4 is 43.9 Å². The molecule has 0 amide bonds. The van der Waals surface area contributed by atoms with Gasteiger partial charge in [0, 0.05) is 28.0 Å². The van der Waals surface area contributed by atoms with Crippen molar-refractivity contribution in [2.75, 3.05) is 0 Å². The van der Waals surface area contributed by atoms with Crippen LogP contribution in [0.2, 0.25) is 0 Å². The molecule has 0 spiro atoms. The fraction of sp³-hybridized carbons (Fsp3) is 0.0556. The zero-order chi connectivity index (χ0) is 24.3. The standard InChI is InChI=1S/C36H24O/c1-2-12-24(13-3-1)33-26-15-6-8-17-28(26)34(29-18-9-7-16-27(29)33)30-19-10-20-32-35(30)31-22-21-23-11-4-5-14-25(23)36(31)37-32/h1-22,26,28H. The predicted molar refractivity (Wildman–Crippen MR) is 154 cm³/mol. The van der Waals surface area contributed by atoms with Crippen LogP contribution in [-0.4, -0.2) is 0 Å². The fourth-order valence-corrected chi connectivity index (χ4v) is 6.54. The van der Waals surface area contributed by atoms with Gasteiger partial charge in [-0.1, -0.05) is 121 Å². The largest absolute Gasteiger partial charge is 0.455 e. The lowest BCUT2D eigenvalue weighted by Crippen LogP contribution is -2.40. The summed E-state index contributed by atoms with van der Waals surface area (Å²) in [6, 6.07) is 39.3. The Bertz CT molecular complexity index is 2040. The van der Waals surface area contributed by atoms with Crippen LogP contribution in [0.3, 0.4) is 0 Å². The zero-order valence-corrected chi connectivity index (χ0v) is 20.3.